The summed E-state index contributed by atoms with van der Waals surface area (Å²) in [6.45, 7) is 11.3. The lowest BCUT2D eigenvalue weighted by Crippen LogP contribution is -1.96. The van der Waals surface area contributed by atoms with Crippen molar-refractivity contribution >= 4 is 17.1 Å². The van der Waals surface area contributed by atoms with Gasteiger partial charge in [0.25, 0.3) is 0 Å². The molecule has 0 aliphatic carbocycles. The minimum Gasteiger partial charge on any atom is -0.356 e. The van der Waals surface area contributed by atoms with Gasteiger partial charge in [0.15, 0.2) is 5.69 Å². The van der Waals surface area contributed by atoms with Crippen LogP contribution < -0.4 is 5.32 Å². The Labute approximate surface area is 137 Å². The van der Waals surface area contributed by atoms with Crippen molar-refractivity contribution in [1.29, 1.82) is 0 Å². The number of anilines is 2. The third kappa shape index (κ3) is 3.25. The van der Waals surface area contributed by atoms with Gasteiger partial charge in [0.1, 0.15) is 0 Å². The summed E-state index contributed by atoms with van der Waals surface area (Å²) in [5.74, 6) is 0. The van der Waals surface area contributed by atoms with E-state index in [1.54, 1.807) is 0 Å². The quantitative estimate of drug-likeness (QED) is 0.564. The molecule has 0 bridgehead atoms. The third-order valence-electron chi connectivity index (χ3n) is 3.96. The molecule has 0 saturated heterocycles. The normalized spacial score (nSPS) is 10.1. The van der Waals surface area contributed by atoms with Crippen LogP contribution in [0, 0.1) is 20.4 Å². The van der Waals surface area contributed by atoms with Gasteiger partial charge in [-0.1, -0.05) is 54.6 Å². The molecule has 1 N–H and O–H groups in total. The summed E-state index contributed by atoms with van der Waals surface area (Å²) in [6.07, 6.45) is 0. The molecule has 3 aromatic carbocycles. The Kier molecular flexibility index (Phi) is 4.12. The highest BCUT2D eigenvalue weighted by molar-refractivity contribution is 5.75. The zero-order valence-corrected chi connectivity index (χ0v) is 13.3. The molecule has 23 heavy (non-hydrogen) atoms. The average molecular weight is 298 g/mol. The van der Waals surface area contributed by atoms with Crippen LogP contribution in [0.3, 0.4) is 0 Å². The first-order valence-electron chi connectivity index (χ1n) is 7.58. The van der Waals surface area contributed by atoms with Gasteiger partial charge in [0.05, 0.1) is 6.57 Å². The van der Waals surface area contributed by atoms with E-state index in [4.69, 9.17) is 6.57 Å². The lowest BCUT2D eigenvalue weighted by molar-refractivity contribution is 1.39. The second-order valence-corrected chi connectivity index (χ2v) is 5.63. The number of hydrogen-bond acceptors (Lipinski definition) is 1. The van der Waals surface area contributed by atoms with Gasteiger partial charge in [0.2, 0.25) is 0 Å². The van der Waals surface area contributed by atoms with Crippen LogP contribution in [0.2, 0.25) is 0 Å². The van der Waals surface area contributed by atoms with Crippen molar-refractivity contribution in [2.45, 2.75) is 13.8 Å². The maximum absolute atomic E-state index is 7.18. The molecule has 0 radical (unpaired) electrons. The molecule has 3 aromatic rings. The highest BCUT2D eigenvalue weighted by Crippen LogP contribution is 2.30. The first-order chi connectivity index (χ1) is 11.2. The van der Waals surface area contributed by atoms with Gasteiger partial charge in [-0.2, -0.15) is 0 Å². The minimum absolute atomic E-state index is 0.648. The highest BCUT2D eigenvalue weighted by atomic mass is 14.9. The largest absolute Gasteiger partial charge is 0.356 e. The van der Waals surface area contributed by atoms with E-state index >= 15 is 0 Å². The average Bonchev–Trinajstić information content (AvgIpc) is 2.59. The van der Waals surface area contributed by atoms with E-state index in [0.717, 1.165) is 16.9 Å². The van der Waals surface area contributed by atoms with Crippen molar-refractivity contribution in [1.82, 2.24) is 0 Å². The second-order valence-electron chi connectivity index (χ2n) is 5.63. The van der Waals surface area contributed by atoms with Gasteiger partial charge in [0, 0.05) is 11.4 Å². The van der Waals surface area contributed by atoms with Gasteiger partial charge in [-0.05, 0) is 48.2 Å². The minimum atomic E-state index is 0.648. The lowest BCUT2D eigenvalue weighted by atomic mass is 10.0. The van der Waals surface area contributed by atoms with Crippen molar-refractivity contribution in [2.75, 3.05) is 5.32 Å². The van der Waals surface area contributed by atoms with Gasteiger partial charge < -0.3 is 5.32 Å². The first kappa shape index (κ1) is 14.9. The van der Waals surface area contributed by atoms with Crippen LogP contribution in [0.5, 0.6) is 0 Å². The highest BCUT2D eigenvalue weighted by Gasteiger charge is 2.06. The standard InChI is InChI=1S/C21H18N2/c1-15-9-11-18(17-7-5-4-6-8-17)13-20(15)23-21-14-19(22-3)12-10-16(21)2/h4-14,23H,1-2H3. The fourth-order valence-electron chi connectivity index (χ4n) is 2.53. The second kappa shape index (κ2) is 6.37. The molecule has 0 atom stereocenters. The summed E-state index contributed by atoms with van der Waals surface area (Å²) < 4.78 is 0. The number of aryl methyl sites for hydroxylation is 2. The van der Waals surface area contributed by atoms with Crippen LogP contribution in [-0.4, -0.2) is 0 Å². The van der Waals surface area contributed by atoms with Gasteiger partial charge in [-0.15, -0.1) is 0 Å². The van der Waals surface area contributed by atoms with Crippen LogP contribution in [-0.2, 0) is 0 Å². The Morgan fingerprint density at radius 1 is 0.739 bits per heavy atom. The first-order valence-corrected chi connectivity index (χ1v) is 7.58. The van der Waals surface area contributed by atoms with Crippen LogP contribution in [0.25, 0.3) is 16.0 Å². The van der Waals surface area contributed by atoms with Crippen LogP contribution in [0.4, 0.5) is 17.1 Å². The zero-order valence-electron chi connectivity index (χ0n) is 13.3. The fourth-order valence-corrected chi connectivity index (χ4v) is 2.53. The smallest absolute Gasteiger partial charge is 0.189 e. The van der Waals surface area contributed by atoms with Gasteiger partial charge in [-0.3, -0.25) is 0 Å². The van der Waals surface area contributed by atoms with E-state index < -0.39 is 0 Å². The number of benzene rings is 3. The maximum atomic E-state index is 7.18. The molecule has 0 aromatic heterocycles. The van der Waals surface area contributed by atoms with E-state index in [0.29, 0.717) is 5.69 Å². The summed E-state index contributed by atoms with van der Waals surface area (Å²) in [4.78, 5) is 3.51. The molecular weight excluding hydrogens is 280 g/mol. The Hall–Kier alpha value is -3.05. The molecule has 0 spiro atoms. The van der Waals surface area contributed by atoms with Crippen LogP contribution in [0.1, 0.15) is 11.1 Å². The van der Waals surface area contributed by atoms with Crippen molar-refractivity contribution in [3.8, 4) is 11.1 Å². The van der Waals surface area contributed by atoms with Crippen molar-refractivity contribution in [2.24, 2.45) is 0 Å². The molecule has 0 aliphatic rings. The van der Waals surface area contributed by atoms with E-state index in [-0.39, 0.29) is 0 Å². The van der Waals surface area contributed by atoms with Crippen molar-refractivity contribution < 1.29 is 0 Å². The molecule has 0 unspecified atom stereocenters. The molecular formula is C21H18N2. The molecule has 3 rings (SSSR count). The summed E-state index contributed by atoms with van der Waals surface area (Å²) in [5.41, 5.74) is 7.37. The van der Waals surface area contributed by atoms with E-state index in [1.807, 2.05) is 43.3 Å². The molecule has 2 nitrogen and oxygen atoms in total. The Morgan fingerprint density at radius 3 is 2.09 bits per heavy atom. The predicted molar refractivity (Wildman–Crippen MR) is 97.3 cm³/mol. The number of hydrogen-bond donors (Lipinski definition) is 1. The van der Waals surface area contributed by atoms with Crippen LogP contribution in [0.15, 0.2) is 66.7 Å². The summed E-state index contributed by atoms with van der Waals surface area (Å²) in [6, 6.07) is 22.5. The lowest BCUT2D eigenvalue weighted by Gasteiger charge is -2.14. The maximum Gasteiger partial charge on any atom is 0.189 e. The Balaban J connectivity index is 1.99. The third-order valence-corrected chi connectivity index (χ3v) is 3.96. The SMILES string of the molecule is [C-]#[N+]c1ccc(C)c(Nc2cc(-c3ccccc3)ccc2C)c1. The molecule has 0 heterocycles. The molecule has 0 amide bonds. The van der Waals surface area contributed by atoms with Crippen molar-refractivity contribution in [3.05, 3.63) is 89.3 Å². The molecule has 0 aliphatic heterocycles. The summed E-state index contributed by atoms with van der Waals surface area (Å²) >= 11 is 0. The van der Waals surface area contributed by atoms with Gasteiger partial charge in [-0.25, -0.2) is 4.85 Å². The molecule has 0 saturated carbocycles. The topological polar surface area (TPSA) is 16.4 Å². The van der Waals surface area contributed by atoms with E-state index in [2.05, 4.69) is 47.4 Å². The number of rotatable bonds is 3. The van der Waals surface area contributed by atoms with Crippen LogP contribution >= 0.6 is 0 Å². The fraction of sp³-hybridized carbons (Fsp3) is 0.0952. The molecule has 0 fully saturated rings. The number of nitrogens with zero attached hydrogens (tertiary/aromatic N) is 1. The summed E-state index contributed by atoms with van der Waals surface area (Å²) in [5, 5.41) is 3.48. The monoisotopic (exact) mass is 298 g/mol. The van der Waals surface area contributed by atoms with E-state index in [9.17, 15) is 0 Å². The molecule has 112 valence electrons. The van der Waals surface area contributed by atoms with Gasteiger partial charge >= 0.3 is 0 Å². The zero-order chi connectivity index (χ0) is 16.2. The number of nitrogens with one attached hydrogen (secondary N) is 1. The predicted octanol–water partition coefficient (Wildman–Crippen LogP) is 6.26. The Bertz CT molecular complexity index is 874. The van der Waals surface area contributed by atoms with E-state index in [1.165, 1.54) is 16.7 Å². The molecule has 2 heteroatoms. The summed E-state index contributed by atoms with van der Waals surface area (Å²) in [7, 11) is 0. The Morgan fingerprint density at radius 2 is 1.39 bits per heavy atom. The van der Waals surface area contributed by atoms with Crippen molar-refractivity contribution in [3.63, 3.8) is 0 Å².